The first-order valence-electron chi connectivity index (χ1n) is 12.4. The number of nitrogens with zero attached hydrogens (tertiary/aromatic N) is 1. The van der Waals surface area contributed by atoms with Gasteiger partial charge in [-0.3, -0.25) is 9.59 Å². The molecular weight excluding hydrogens is 459 g/mol. The minimum atomic E-state index is -0.320. The Bertz CT molecular complexity index is 1220. The van der Waals surface area contributed by atoms with E-state index < -0.39 is 0 Å². The lowest BCUT2D eigenvalue weighted by Crippen LogP contribution is -2.41. The smallest absolute Gasteiger partial charge is 0.287 e. The van der Waals surface area contributed by atoms with Gasteiger partial charge in [-0.15, -0.1) is 0 Å². The molecule has 0 aliphatic carbocycles. The van der Waals surface area contributed by atoms with E-state index >= 15 is 0 Å². The summed E-state index contributed by atoms with van der Waals surface area (Å²) in [7, 11) is 0. The fourth-order valence-electron chi connectivity index (χ4n) is 4.49. The molecular formula is C29H33FN2O4. The number of ether oxygens (including phenoxy) is 1. The number of hydrogen-bond acceptors (Lipinski definition) is 4. The van der Waals surface area contributed by atoms with Gasteiger partial charge in [0, 0.05) is 19.0 Å². The summed E-state index contributed by atoms with van der Waals surface area (Å²) in [6, 6.07) is 15.3. The number of rotatable bonds is 8. The van der Waals surface area contributed by atoms with Gasteiger partial charge in [-0.1, -0.05) is 32.0 Å². The lowest BCUT2D eigenvalue weighted by Gasteiger charge is -2.38. The molecule has 1 aliphatic heterocycles. The van der Waals surface area contributed by atoms with E-state index in [2.05, 4.69) is 5.32 Å². The highest BCUT2D eigenvalue weighted by atomic mass is 19.1. The molecule has 7 heteroatoms. The van der Waals surface area contributed by atoms with E-state index in [4.69, 9.17) is 9.15 Å². The second-order valence-corrected chi connectivity index (χ2v) is 9.93. The predicted molar refractivity (Wildman–Crippen MR) is 135 cm³/mol. The van der Waals surface area contributed by atoms with Gasteiger partial charge in [0.2, 0.25) is 5.91 Å². The van der Waals surface area contributed by atoms with Crippen LogP contribution >= 0.6 is 0 Å². The summed E-state index contributed by atoms with van der Waals surface area (Å²) in [5.41, 5.74) is 2.97. The van der Waals surface area contributed by atoms with Gasteiger partial charge in [0.25, 0.3) is 5.91 Å². The zero-order valence-electron chi connectivity index (χ0n) is 21.2. The second-order valence-electron chi connectivity index (χ2n) is 9.93. The van der Waals surface area contributed by atoms with Crippen LogP contribution < -0.4 is 10.1 Å². The molecule has 0 bridgehead atoms. The minimum Gasteiger partial charge on any atom is -0.486 e. The number of hydrogen-bond donors (Lipinski definition) is 1. The first-order chi connectivity index (χ1) is 17.2. The maximum absolute atomic E-state index is 13.7. The molecule has 1 aromatic heterocycles. The highest BCUT2D eigenvalue weighted by Crippen LogP contribution is 2.38. The van der Waals surface area contributed by atoms with Crippen molar-refractivity contribution in [2.75, 3.05) is 6.54 Å². The third-order valence-electron chi connectivity index (χ3n) is 6.12. The van der Waals surface area contributed by atoms with Crippen molar-refractivity contribution in [3.8, 4) is 5.75 Å². The maximum Gasteiger partial charge on any atom is 0.287 e. The molecule has 36 heavy (non-hydrogen) atoms. The van der Waals surface area contributed by atoms with Gasteiger partial charge >= 0.3 is 0 Å². The molecule has 2 heterocycles. The number of carbonyl (C=O) groups excluding carboxylic acids is 2. The summed E-state index contributed by atoms with van der Waals surface area (Å²) in [5, 5.41) is 2.80. The molecule has 0 saturated carbocycles. The number of carbonyl (C=O) groups is 2. The third-order valence-corrected chi connectivity index (χ3v) is 6.12. The van der Waals surface area contributed by atoms with Gasteiger partial charge in [-0.2, -0.15) is 0 Å². The van der Waals surface area contributed by atoms with Gasteiger partial charge in [0.15, 0.2) is 5.76 Å². The number of furan rings is 1. The summed E-state index contributed by atoms with van der Waals surface area (Å²) in [6.45, 7) is 8.59. The van der Waals surface area contributed by atoms with E-state index in [0.29, 0.717) is 24.5 Å². The summed E-state index contributed by atoms with van der Waals surface area (Å²) >= 11 is 0. The van der Waals surface area contributed by atoms with Crippen LogP contribution in [0.1, 0.15) is 73.2 Å². The van der Waals surface area contributed by atoms with Gasteiger partial charge in [-0.25, -0.2) is 4.39 Å². The SMILES string of the molecule is CC(C)CC(=O)N1CCc2ccc(OCc3ccc(C(=O)NC(C)C)o3)cc2[C@@H]1c1ccc(F)cc1. The van der Waals surface area contributed by atoms with Gasteiger partial charge in [-0.05, 0) is 79.3 Å². The van der Waals surface area contributed by atoms with Crippen molar-refractivity contribution in [3.05, 3.63) is 88.6 Å². The first kappa shape index (κ1) is 25.5. The van der Waals surface area contributed by atoms with Crippen molar-refractivity contribution in [1.29, 1.82) is 0 Å². The molecule has 190 valence electrons. The third kappa shape index (κ3) is 5.96. The minimum absolute atomic E-state index is 0.0128. The van der Waals surface area contributed by atoms with Crippen LogP contribution in [0.4, 0.5) is 4.39 Å². The molecule has 0 spiro atoms. The number of fused-ring (bicyclic) bond motifs is 1. The van der Waals surface area contributed by atoms with Crippen molar-refractivity contribution >= 4 is 11.8 Å². The zero-order chi connectivity index (χ0) is 25.8. The first-order valence-corrected chi connectivity index (χ1v) is 12.4. The summed E-state index contributed by atoms with van der Waals surface area (Å²) in [5.74, 6) is 1.14. The number of halogens is 1. The Morgan fingerprint density at radius 1 is 1.08 bits per heavy atom. The Hall–Kier alpha value is -3.61. The van der Waals surface area contributed by atoms with E-state index in [1.165, 1.54) is 12.1 Å². The van der Waals surface area contributed by atoms with Crippen LogP contribution in [0, 0.1) is 11.7 Å². The molecule has 2 amide bonds. The highest BCUT2D eigenvalue weighted by molar-refractivity contribution is 5.91. The maximum atomic E-state index is 13.7. The molecule has 2 aromatic carbocycles. The van der Waals surface area contributed by atoms with Crippen molar-refractivity contribution in [2.24, 2.45) is 5.92 Å². The van der Waals surface area contributed by atoms with E-state index in [1.807, 2.05) is 50.8 Å². The Morgan fingerprint density at radius 2 is 1.83 bits per heavy atom. The Kier molecular flexibility index (Phi) is 7.77. The molecule has 3 aromatic rings. The fourth-order valence-corrected chi connectivity index (χ4v) is 4.49. The van der Waals surface area contributed by atoms with Crippen molar-refractivity contribution in [3.63, 3.8) is 0 Å². The normalized spacial score (nSPS) is 15.2. The van der Waals surface area contributed by atoms with E-state index in [0.717, 1.165) is 23.1 Å². The average molecular weight is 493 g/mol. The molecule has 4 rings (SSSR count). The van der Waals surface area contributed by atoms with Crippen LogP contribution in [0.25, 0.3) is 0 Å². The van der Waals surface area contributed by atoms with Gasteiger partial charge in [0.1, 0.15) is 23.9 Å². The van der Waals surface area contributed by atoms with Crippen molar-refractivity contribution in [2.45, 2.75) is 59.2 Å². The van der Waals surface area contributed by atoms with Crippen LogP contribution in [0.5, 0.6) is 5.75 Å². The molecule has 0 radical (unpaired) electrons. The van der Waals surface area contributed by atoms with Crippen LogP contribution in [-0.2, 0) is 17.8 Å². The molecule has 1 aliphatic rings. The van der Waals surface area contributed by atoms with Crippen LogP contribution in [-0.4, -0.2) is 29.3 Å². The molecule has 1 atom stereocenters. The Balaban J connectivity index is 1.58. The topological polar surface area (TPSA) is 71.8 Å². The number of amides is 2. The second kappa shape index (κ2) is 11.0. The van der Waals surface area contributed by atoms with Gasteiger partial charge < -0.3 is 19.4 Å². The van der Waals surface area contributed by atoms with Crippen molar-refractivity contribution in [1.82, 2.24) is 10.2 Å². The molecule has 1 N–H and O–H groups in total. The number of nitrogens with one attached hydrogen (secondary N) is 1. The quantitative estimate of drug-likeness (QED) is 0.441. The monoisotopic (exact) mass is 492 g/mol. The van der Waals surface area contributed by atoms with Crippen LogP contribution in [0.2, 0.25) is 0 Å². The molecule has 0 saturated heterocycles. The lowest BCUT2D eigenvalue weighted by atomic mass is 9.87. The fraction of sp³-hybridized carbons (Fsp3) is 0.379. The summed E-state index contributed by atoms with van der Waals surface area (Å²) < 4.78 is 25.3. The average Bonchev–Trinajstić information content (AvgIpc) is 3.31. The Morgan fingerprint density at radius 3 is 2.53 bits per heavy atom. The summed E-state index contributed by atoms with van der Waals surface area (Å²) in [4.78, 5) is 27.2. The zero-order valence-corrected chi connectivity index (χ0v) is 21.2. The van der Waals surface area contributed by atoms with Gasteiger partial charge in [0.05, 0.1) is 6.04 Å². The molecule has 6 nitrogen and oxygen atoms in total. The van der Waals surface area contributed by atoms with E-state index in [1.54, 1.807) is 24.3 Å². The molecule has 0 unspecified atom stereocenters. The van der Waals surface area contributed by atoms with Crippen molar-refractivity contribution < 1.29 is 23.1 Å². The molecule has 0 fully saturated rings. The largest absolute Gasteiger partial charge is 0.486 e. The standard InChI is InChI=1S/C29H33FN2O4/c1-18(2)15-27(33)32-14-13-20-7-10-23(16-25(20)28(32)21-5-8-22(30)9-6-21)35-17-24-11-12-26(36-24)29(34)31-19(3)4/h5-12,16,18-19,28H,13-15,17H2,1-4H3,(H,31,34)/t28-/m0/s1. The van der Waals surface area contributed by atoms with Crippen LogP contribution in [0.3, 0.4) is 0 Å². The van der Waals surface area contributed by atoms with E-state index in [-0.39, 0.29) is 48.0 Å². The van der Waals surface area contributed by atoms with Crippen LogP contribution in [0.15, 0.2) is 59.0 Å². The highest BCUT2D eigenvalue weighted by Gasteiger charge is 2.32. The lowest BCUT2D eigenvalue weighted by molar-refractivity contribution is -0.134. The predicted octanol–water partition coefficient (Wildman–Crippen LogP) is 5.66. The van der Waals surface area contributed by atoms with E-state index in [9.17, 15) is 14.0 Å². The summed E-state index contributed by atoms with van der Waals surface area (Å²) in [6.07, 6.45) is 1.19. The Labute approximate surface area is 211 Å². The number of benzene rings is 2.